The summed E-state index contributed by atoms with van der Waals surface area (Å²) >= 11 is 0. The second-order valence-electron chi connectivity index (χ2n) is 3.60. The van der Waals surface area contributed by atoms with E-state index in [0.717, 1.165) is 31.1 Å². The van der Waals surface area contributed by atoms with Gasteiger partial charge >= 0.3 is 0 Å². The topological polar surface area (TPSA) is 17.1 Å². The van der Waals surface area contributed by atoms with Gasteiger partial charge in [0.15, 0.2) is 0 Å². The van der Waals surface area contributed by atoms with Gasteiger partial charge in [-0.05, 0) is 37.7 Å². The van der Waals surface area contributed by atoms with E-state index in [-0.39, 0.29) is 0 Å². The van der Waals surface area contributed by atoms with E-state index >= 15 is 0 Å². The van der Waals surface area contributed by atoms with E-state index in [1.165, 1.54) is 0 Å². The summed E-state index contributed by atoms with van der Waals surface area (Å²) in [6.45, 7) is 7.60. The van der Waals surface area contributed by atoms with E-state index in [1.807, 2.05) is 19.1 Å². The van der Waals surface area contributed by atoms with E-state index in [0.29, 0.717) is 5.92 Å². The molecule has 0 aromatic rings. The molecule has 0 spiro atoms. The van der Waals surface area contributed by atoms with E-state index in [9.17, 15) is 4.79 Å². The molecule has 0 saturated carbocycles. The molecular weight excluding hydrogens is 172 g/mol. The summed E-state index contributed by atoms with van der Waals surface area (Å²) in [5, 5.41) is 0. The molecule has 14 heavy (non-hydrogen) atoms. The van der Waals surface area contributed by atoms with Crippen molar-refractivity contribution in [1.29, 1.82) is 0 Å². The minimum atomic E-state index is 0.498. The van der Waals surface area contributed by atoms with Gasteiger partial charge in [-0.2, -0.15) is 0 Å². The van der Waals surface area contributed by atoms with Crippen LogP contribution in [0.5, 0.6) is 0 Å². The number of aldehydes is 1. The van der Waals surface area contributed by atoms with Crippen molar-refractivity contribution >= 4 is 6.29 Å². The van der Waals surface area contributed by atoms with Crippen LogP contribution in [0.3, 0.4) is 0 Å². The molecule has 0 saturated heterocycles. The molecule has 0 aliphatic carbocycles. The third kappa shape index (κ3) is 7.53. The third-order valence-electron chi connectivity index (χ3n) is 2.04. The van der Waals surface area contributed by atoms with Crippen molar-refractivity contribution in [3.05, 3.63) is 36.5 Å². The molecular formula is C13H20O. The number of unbranched alkanes of at least 4 members (excludes halogenated alkanes) is 1. The second-order valence-corrected chi connectivity index (χ2v) is 3.60. The fourth-order valence-electron chi connectivity index (χ4n) is 1.32. The van der Waals surface area contributed by atoms with Crippen molar-refractivity contribution in [2.75, 3.05) is 0 Å². The predicted octanol–water partition coefficient (Wildman–Crippen LogP) is 3.68. The van der Waals surface area contributed by atoms with Gasteiger partial charge in [0.05, 0.1) is 0 Å². The van der Waals surface area contributed by atoms with Crippen LogP contribution in [0.25, 0.3) is 0 Å². The highest BCUT2D eigenvalue weighted by Crippen LogP contribution is 2.11. The normalized spacial score (nSPS) is 14.3. The zero-order valence-corrected chi connectivity index (χ0v) is 9.20. The number of allylic oxidation sites excluding steroid dienone is 5. The Balaban J connectivity index is 3.63. The average Bonchev–Trinajstić information content (AvgIpc) is 2.17. The van der Waals surface area contributed by atoms with Gasteiger partial charge in [-0.25, -0.2) is 0 Å². The standard InChI is InChI=1S/C13H20O/c1-4-5-6-7-8-9-12(2)10-13(3)11-14/h4-6,10-12H,1,7-9H2,2-3H3/b6-5+,13-10+. The Labute approximate surface area is 87.2 Å². The first kappa shape index (κ1) is 12.9. The highest BCUT2D eigenvalue weighted by molar-refractivity contribution is 5.72. The molecule has 0 fully saturated rings. The Kier molecular flexibility index (Phi) is 7.81. The van der Waals surface area contributed by atoms with Crippen molar-refractivity contribution in [1.82, 2.24) is 0 Å². The largest absolute Gasteiger partial charge is 0.298 e. The number of rotatable bonds is 7. The highest BCUT2D eigenvalue weighted by Gasteiger charge is 1.97. The lowest BCUT2D eigenvalue weighted by atomic mass is 10.0. The van der Waals surface area contributed by atoms with Gasteiger partial charge in [-0.1, -0.05) is 37.8 Å². The molecule has 78 valence electrons. The number of carbonyl (C=O) groups excluding carboxylic acids is 1. The molecule has 1 heteroatoms. The molecule has 0 aliphatic rings. The average molecular weight is 192 g/mol. The fourth-order valence-corrected chi connectivity index (χ4v) is 1.32. The fraction of sp³-hybridized carbons (Fsp3) is 0.462. The first-order valence-corrected chi connectivity index (χ1v) is 5.12. The molecule has 0 radical (unpaired) electrons. The molecule has 0 amide bonds. The van der Waals surface area contributed by atoms with Gasteiger partial charge in [-0.15, -0.1) is 0 Å². The highest BCUT2D eigenvalue weighted by atomic mass is 16.1. The molecule has 1 atom stereocenters. The number of hydrogen-bond acceptors (Lipinski definition) is 1. The van der Waals surface area contributed by atoms with Crippen LogP contribution in [-0.4, -0.2) is 6.29 Å². The maximum absolute atomic E-state index is 10.4. The van der Waals surface area contributed by atoms with Gasteiger partial charge < -0.3 is 0 Å². The summed E-state index contributed by atoms with van der Waals surface area (Å²) in [6, 6.07) is 0. The number of hydrogen-bond donors (Lipinski definition) is 0. The van der Waals surface area contributed by atoms with Crippen LogP contribution in [0.2, 0.25) is 0 Å². The Morgan fingerprint density at radius 3 is 2.79 bits per heavy atom. The second kappa shape index (κ2) is 8.49. The third-order valence-corrected chi connectivity index (χ3v) is 2.04. The Morgan fingerprint density at radius 1 is 1.50 bits per heavy atom. The van der Waals surface area contributed by atoms with Crippen LogP contribution in [0, 0.1) is 5.92 Å². The van der Waals surface area contributed by atoms with Crippen molar-refractivity contribution in [2.45, 2.75) is 33.1 Å². The summed E-state index contributed by atoms with van der Waals surface area (Å²) in [7, 11) is 0. The first-order valence-electron chi connectivity index (χ1n) is 5.12. The maximum Gasteiger partial charge on any atom is 0.145 e. The Morgan fingerprint density at radius 2 is 2.21 bits per heavy atom. The monoisotopic (exact) mass is 192 g/mol. The predicted molar refractivity (Wildman–Crippen MR) is 62.2 cm³/mol. The molecule has 0 aliphatic heterocycles. The molecule has 1 nitrogen and oxygen atoms in total. The molecule has 0 aromatic carbocycles. The molecule has 0 rings (SSSR count). The SMILES string of the molecule is C=C/C=C/CCCC(C)/C=C(\C)C=O. The molecule has 0 aromatic heterocycles. The lowest BCUT2D eigenvalue weighted by Gasteiger charge is -2.04. The van der Waals surface area contributed by atoms with Gasteiger partial charge in [0.1, 0.15) is 6.29 Å². The summed E-state index contributed by atoms with van der Waals surface area (Å²) in [5.41, 5.74) is 0.833. The van der Waals surface area contributed by atoms with Crippen molar-refractivity contribution in [3.63, 3.8) is 0 Å². The van der Waals surface area contributed by atoms with E-state index in [1.54, 1.807) is 6.08 Å². The number of carbonyl (C=O) groups is 1. The van der Waals surface area contributed by atoms with Gasteiger partial charge in [0.2, 0.25) is 0 Å². The summed E-state index contributed by atoms with van der Waals surface area (Å²) in [5.74, 6) is 0.498. The molecule has 0 heterocycles. The van der Waals surface area contributed by atoms with Crippen LogP contribution in [0.1, 0.15) is 33.1 Å². The maximum atomic E-state index is 10.4. The summed E-state index contributed by atoms with van der Waals surface area (Å²) in [6.07, 6.45) is 12.2. The van der Waals surface area contributed by atoms with Crippen LogP contribution in [-0.2, 0) is 4.79 Å². The lowest BCUT2D eigenvalue weighted by Crippen LogP contribution is -1.91. The molecule has 0 N–H and O–H groups in total. The lowest BCUT2D eigenvalue weighted by molar-refractivity contribution is -0.104. The van der Waals surface area contributed by atoms with Crippen LogP contribution < -0.4 is 0 Å². The molecule has 0 bridgehead atoms. The van der Waals surface area contributed by atoms with E-state index < -0.39 is 0 Å². The summed E-state index contributed by atoms with van der Waals surface area (Å²) < 4.78 is 0. The van der Waals surface area contributed by atoms with Crippen LogP contribution >= 0.6 is 0 Å². The van der Waals surface area contributed by atoms with Crippen molar-refractivity contribution < 1.29 is 4.79 Å². The summed E-state index contributed by atoms with van der Waals surface area (Å²) in [4.78, 5) is 10.4. The zero-order chi connectivity index (χ0) is 10.8. The van der Waals surface area contributed by atoms with E-state index in [4.69, 9.17) is 0 Å². The van der Waals surface area contributed by atoms with Crippen LogP contribution in [0.15, 0.2) is 36.5 Å². The quantitative estimate of drug-likeness (QED) is 0.260. The first-order chi connectivity index (χ1) is 6.70. The minimum absolute atomic E-state index is 0.498. The van der Waals surface area contributed by atoms with Crippen molar-refractivity contribution in [3.8, 4) is 0 Å². The smallest absolute Gasteiger partial charge is 0.145 e. The minimum Gasteiger partial charge on any atom is -0.298 e. The Bertz CT molecular complexity index is 223. The molecule has 1 unspecified atom stereocenters. The van der Waals surface area contributed by atoms with Gasteiger partial charge in [0.25, 0.3) is 0 Å². The van der Waals surface area contributed by atoms with Gasteiger partial charge in [-0.3, -0.25) is 4.79 Å². The van der Waals surface area contributed by atoms with Crippen LogP contribution in [0.4, 0.5) is 0 Å². The zero-order valence-electron chi connectivity index (χ0n) is 9.20. The van der Waals surface area contributed by atoms with Crippen molar-refractivity contribution in [2.24, 2.45) is 5.92 Å². The van der Waals surface area contributed by atoms with E-state index in [2.05, 4.69) is 19.6 Å². The van der Waals surface area contributed by atoms with Gasteiger partial charge in [0, 0.05) is 0 Å². The Hall–Kier alpha value is -1.11.